The molecule has 140 valence electrons. The Balaban J connectivity index is 2.44. The summed E-state index contributed by atoms with van der Waals surface area (Å²) in [6, 6.07) is 5.23. The van der Waals surface area contributed by atoms with Crippen molar-refractivity contribution in [2.75, 3.05) is 12.9 Å². The Bertz CT molecular complexity index is 711. The Hall–Kier alpha value is -1.57. The Morgan fingerprint density at radius 3 is 2.31 bits per heavy atom. The molecule has 1 aliphatic rings. The SMILES string of the molecule is COc1ccc(C=O)c(C=C(CSC(C)=O)B2OC(C)(C)C(C)(C)O2)c1. The second-order valence-electron chi connectivity index (χ2n) is 7.20. The van der Waals surface area contributed by atoms with Crippen molar-refractivity contribution in [1.82, 2.24) is 0 Å². The molecule has 1 saturated heterocycles. The molecule has 0 amide bonds. The summed E-state index contributed by atoms with van der Waals surface area (Å²) in [7, 11) is 0.988. The first kappa shape index (κ1) is 20.7. The fourth-order valence-electron chi connectivity index (χ4n) is 2.47. The largest absolute Gasteiger partial charge is 0.497 e. The Kier molecular flexibility index (Phi) is 6.37. The summed E-state index contributed by atoms with van der Waals surface area (Å²) in [5.74, 6) is 1.07. The van der Waals surface area contributed by atoms with Gasteiger partial charge in [-0.2, -0.15) is 0 Å². The molecule has 0 unspecified atom stereocenters. The molecule has 0 spiro atoms. The zero-order valence-electron chi connectivity index (χ0n) is 16.1. The Labute approximate surface area is 159 Å². The van der Waals surface area contributed by atoms with Crippen LogP contribution in [-0.2, 0) is 14.1 Å². The molecule has 0 radical (unpaired) electrons. The second-order valence-corrected chi connectivity index (χ2v) is 8.35. The fourth-order valence-corrected chi connectivity index (χ4v) is 3.06. The van der Waals surface area contributed by atoms with E-state index in [1.165, 1.54) is 18.7 Å². The third kappa shape index (κ3) is 4.58. The van der Waals surface area contributed by atoms with Crippen LogP contribution >= 0.6 is 11.8 Å². The van der Waals surface area contributed by atoms with Crippen LogP contribution in [0.25, 0.3) is 6.08 Å². The van der Waals surface area contributed by atoms with E-state index in [0.29, 0.717) is 22.6 Å². The van der Waals surface area contributed by atoms with Crippen LogP contribution in [0.4, 0.5) is 0 Å². The molecule has 0 N–H and O–H groups in total. The van der Waals surface area contributed by atoms with Gasteiger partial charge in [0.2, 0.25) is 0 Å². The molecule has 1 aromatic carbocycles. The molecule has 0 bridgehead atoms. The van der Waals surface area contributed by atoms with Gasteiger partial charge in [0.25, 0.3) is 0 Å². The summed E-state index contributed by atoms with van der Waals surface area (Å²) in [4.78, 5) is 22.9. The Morgan fingerprint density at radius 2 is 1.81 bits per heavy atom. The number of thioether (sulfide) groups is 1. The van der Waals surface area contributed by atoms with Gasteiger partial charge in [0.15, 0.2) is 11.4 Å². The van der Waals surface area contributed by atoms with Crippen molar-refractivity contribution >= 4 is 36.4 Å². The van der Waals surface area contributed by atoms with E-state index in [-0.39, 0.29) is 5.12 Å². The van der Waals surface area contributed by atoms with E-state index in [4.69, 9.17) is 14.0 Å². The number of rotatable bonds is 6. The first-order valence-corrected chi connectivity index (χ1v) is 9.41. The van der Waals surface area contributed by atoms with E-state index in [2.05, 4.69) is 0 Å². The molecule has 1 aromatic rings. The molecule has 0 aromatic heterocycles. The summed E-state index contributed by atoms with van der Waals surface area (Å²) in [5.41, 5.74) is 1.06. The topological polar surface area (TPSA) is 61.8 Å². The van der Waals surface area contributed by atoms with Crippen LogP contribution in [0.15, 0.2) is 23.7 Å². The highest BCUT2D eigenvalue weighted by Gasteiger charge is 2.52. The average molecular weight is 376 g/mol. The van der Waals surface area contributed by atoms with E-state index in [1.807, 2.05) is 33.8 Å². The maximum Gasteiger partial charge on any atom is 0.491 e. The Morgan fingerprint density at radius 1 is 1.19 bits per heavy atom. The molecule has 1 fully saturated rings. The van der Waals surface area contributed by atoms with Crippen molar-refractivity contribution in [3.63, 3.8) is 0 Å². The third-order valence-electron chi connectivity index (χ3n) is 4.76. The molecular formula is C19H25BO5S. The quantitative estimate of drug-likeness (QED) is 0.556. The minimum atomic E-state index is -0.586. The zero-order chi connectivity index (χ0) is 19.5. The molecule has 0 saturated carbocycles. The minimum Gasteiger partial charge on any atom is -0.497 e. The van der Waals surface area contributed by atoms with E-state index < -0.39 is 18.3 Å². The van der Waals surface area contributed by atoms with Crippen molar-refractivity contribution in [3.8, 4) is 5.75 Å². The standard InChI is InChI=1S/C19H25BO5S/c1-13(22)26-12-16(20-24-18(2,3)19(4,5)25-20)9-15-10-17(23-6)8-7-14(15)11-21/h7-11H,12H2,1-6H3. The molecule has 1 heterocycles. The minimum absolute atomic E-state index is 0.00803. The number of hydrogen-bond donors (Lipinski definition) is 0. The average Bonchev–Trinajstić information content (AvgIpc) is 2.78. The van der Waals surface area contributed by atoms with Gasteiger partial charge in [0, 0.05) is 18.2 Å². The van der Waals surface area contributed by atoms with E-state index in [0.717, 1.165) is 11.8 Å². The molecule has 26 heavy (non-hydrogen) atoms. The monoisotopic (exact) mass is 376 g/mol. The molecule has 2 rings (SSSR count). The number of benzene rings is 1. The van der Waals surface area contributed by atoms with Gasteiger partial charge < -0.3 is 14.0 Å². The molecule has 0 aliphatic carbocycles. The highest BCUT2D eigenvalue weighted by atomic mass is 32.2. The van der Waals surface area contributed by atoms with Gasteiger partial charge in [-0.25, -0.2) is 0 Å². The number of ether oxygens (including phenoxy) is 1. The lowest BCUT2D eigenvalue weighted by Gasteiger charge is -2.32. The van der Waals surface area contributed by atoms with Gasteiger partial charge in [-0.1, -0.05) is 17.8 Å². The smallest absolute Gasteiger partial charge is 0.491 e. The predicted octanol–water partition coefficient (Wildman–Crippen LogP) is 3.80. The molecule has 0 atom stereocenters. The van der Waals surface area contributed by atoms with E-state index >= 15 is 0 Å². The molecular weight excluding hydrogens is 351 g/mol. The lowest BCUT2D eigenvalue weighted by molar-refractivity contribution is -0.109. The van der Waals surface area contributed by atoms with Crippen LogP contribution in [0, 0.1) is 0 Å². The summed E-state index contributed by atoms with van der Waals surface area (Å²) < 4.78 is 17.5. The van der Waals surface area contributed by atoms with Crippen LogP contribution in [0.2, 0.25) is 0 Å². The van der Waals surface area contributed by atoms with Gasteiger partial charge in [-0.15, -0.1) is 0 Å². The van der Waals surface area contributed by atoms with Gasteiger partial charge in [0.05, 0.1) is 18.3 Å². The van der Waals surface area contributed by atoms with Gasteiger partial charge in [0.1, 0.15) is 5.75 Å². The summed E-state index contributed by atoms with van der Waals surface area (Å²) in [5, 5.41) is 0.00803. The first-order chi connectivity index (χ1) is 12.1. The molecule has 1 aliphatic heterocycles. The van der Waals surface area contributed by atoms with Gasteiger partial charge in [-0.05, 0) is 56.9 Å². The van der Waals surface area contributed by atoms with Gasteiger partial charge in [-0.3, -0.25) is 9.59 Å². The summed E-state index contributed by atoms with van der Waals surface area (Å²) in [6.07, 6.45) is 2.65. The van der Waals surface area contributed by atoms with E-state index in [1.54, 1.807) is 25.3 Å². The maximum atomic E-state index is 11.5. The number of aldehydes is 1. The maximum absolute atomic E-state index is 11.5. The van der Waals surface area contributed by atoms with Crippen LogP contribution < -0.4 is 4.74 Å². The van der Waals surface area contributed by atoms with Crippen molar-refractivity contribution in [2.45, 2.75) is 45.8 Å². The van der Waals surface area contributed by atoms with E-state index in [9.17, 15) is 9.59 Å². The lowest BCUT2D eigenvalue weighted by Crippen LogP contribution is -2.41. The van der Waals surface area contributed by atoms with Crippen molar-refractivity contribution in [2.24, 2.45) is 0 Å². The number of carbonyl (C=O) groups excluding carboxylic acids is 2. The number of hydrogen-bond acceptors (Lipinski definition) is 6. The van der Waals surface area contributed by atoms with Crippen LogP contribution in [-0.4, -0.2) is 42.6 Å². The third-order valence-corrected chi connectivity index (χ3v) is 5.64. The first-order valence-electron chi connectivity index (χ1n) is 8.42. The number of methoxy groups -OCH3 is 1. The highest BCUT2D eigenvalue weighted by Crippen LogP contribution is 2.39. The molecule has 5 nitrogen and oxygen atoms in total. The number of carbonyl (C=O) groups is 2. The molecule has 7 heteroatoms. The van der Waals surface area contributed by atoms with Crippen LogP contribution in [0.1, 0.15) is 50.5 Å². The fraction of sp³-hybridized carbons (Fsp3) is 0.474. The highest BCUT2D eigenvalue weighted by molar-refractivity contribution is 8.13. The van der Waals surface area contributed by atoms with Crippen molar-refractivity contribution < 1.29 is 23.6 Å². The van der Waals surface area contributed by atoms with Crippen LogP contribution in [0.3, 0.4) is 0 Å². The van der Waals surface area contributed by atoms with Crippen molar-refractivity contribution in [3.05, 3.63) is 34.8 Å². The van der Waals surface area contributed by atoms with Gasteiger partial charge >= 0.3 is 7.12 Å². The summed E-state index contributed by atoms with van der Waals surface area (Å²) in [6.45, 7) is 9.43. The van der Waals surface area contributed by atoms with Crippen LogP contribution in [0.5, 0.6) is 5.75 Å². The van der Waals surface area contributed by atoms with Crippen molar-refractivity contribution in [1.29, 1.82) is 0 Å². The predicted molar refractivity (Wildman–Crippen MR) is 106 cm³/mol. The lowest BCUT2D eigenvalue weighted by atomic mass is 9.78. The summed E-state index contributed by atoms with van der Waals surface area (Å²) >= 11 is 1.18. The normalized spacial score (nSPS) is 18.7. The second kappa shape index (κ2) is 7.98. The zero-order valence-corrected chi connectivity index (χ0v) is 16.9.